The summed E-state index contributed by atoms with van der Waals surface area (Å²) in [7, 11) is 1.29. The Labute approximate surface area is 87.5 Å². The quantitative estimate of drug-likeness (QED) is 0.813. The van der Waals surface area contributed by atoms with E-state index in [0.717, 1.165) is 10.9 Å². The molecule has 1 heterocycles. The van der Waals surface area contributed by atoms with E-state index in [0.29, 0.717) is 0 Å². The molecule has 0 radical (unpaired) electrons. The first-order chi connectivity index (χ1) is 7.24. The zero-order valence-corrected chi connectivity index (χ0v) is 8.12. The number of carbonyl (C=O) groups is 1. The Balaban J connectivity index is 3.01. The molecule has 1 aromatic rings. The molecule has 90 valence electrons. The van der Waals surface area contributed by atoms with Crippen molar-refractivity contribution in [3.05, 3.63) is 17.5 Å². The van der Waals surface area contributed by atoms with Gasteiger partial charge in [0, 0.05) is 18.8 Å². The highest BCUT2D eigenvalue weighted by molar-refractivity contribution is 5.75. The molecule has 0 saturated heterocycles. The van der Waals surface area contributed by atoms with Crippen LogP contribution in [0.1, 0.15) is 17.7 Å². The minimum Gasteiger partial charge on any atom is -0.477 e. The third-order valence-corrected chi connectivity index (χ3v) is 1.87. The summed E-state index contributed by atoms with van der Waals surface area (Å²) in [6.45, 7) is 0. The average Bonchev–Trinajstić information content (AvgIpc) is 2.45. The fraction of sp³-hybridized carbons (Fsp3) is 0.500. The molecule has 1 N–H and O–H groups in total. The molecule has 8 heteroatoms. The average molecular weight is 240 g/mol. The number of hydrogen-bond donors (Lipinski definition) is 1. The summed E-state index contributed by atoms with van der Waals surface area (Å²) in [5.41, 5.74) is -1.28. The normalized spacial score (nSPS) is 12.1. The molecule has 0 saturated carbocycles. The van der Waals surface area contributed by atoms with E-state index in [1.807, 2.05) is 0 Å². The van der Waals surface area contributed by atoms with Gasteiger partial charge < -0.3 is 5.11 Å². The lowest BCUT2D eigenvalue weighted by molar-refractivity contribution is -0.164. The van der Waals surface area contributed by atoms with Crippen LogP contribution in [0.2, 0.25) is 0 Å². The van der Waals surface area contributed by atoms with Gasteiger partial charge in [0.2, 0.25) is 0 Å². The van der Waals surface area contributed by atoms with E-state index in [2.05, 4.69) is 5.10 Å². The number of carboxylic acid groups (broad SMARTS) is 1. The summed E-state index contributed by atoms with van der Waals surface area (Å²) in [6.07, 6.45) is -3.35. The van der Waals surface area contributed by atoms with E-state index in [1.165, 1.54) is 7.05 Å². The Morgan fingerprint density at radius 1 is 1.62 bits per heavy atom. The number of aliphatic carboxylic acids is 1. The SMILES string of the molecule is Cn1cc(CC(F)(F)C(=O)O)c(C(F)F)n1. The molecule has 0 amide bonds. The van der Waals surface area contributed by atoms with Crippen molar-refractivity contribution in [2.24, 2.45) is 7.05 Å². The maximum absolute atomic E-state index is 12.8. The van der Waals surface area contributed by atoms with Crippen molar-refractivity contribution in [3.8, 4) is 0 Å². The highest BCUT2D eigenvalue weighted by Gasteiger charge is 2.40. The lowest BCUT2D eigenvalue weighted by atomic mass is 10.1. The molecule has 1 aromatic heterocycles. The van der Waals surface area contributed by atoms with Gasteiger partial charge in [0.15, 0.2) is 0 Å². The zero-order chi connectivity index (χ0) is 12.5. The number of aryl methyl sites for hydroxylation is 1. The molecule has 16 heavy (non-hydrogen) atoms. The standard InChI is InChI=1S/C8H8F4N2O2/c1-14-3-4(5(13-14)6(9)10)2-8(11,12)7(15)16/h3,6H,2H2,1H3,(H,15,16). The predicted molar refractivity (Wildman–Crippen MR) is 44.5 cm³/mol. The molecule has 1 rings (SSSR count). The van der Waals surface area contributed by atoms with Crippen molar-refractivity contribution in [3.63, 3.8) is 0 Å². The molecule has 4 nitrogen and oxygen atoms in total. The van der Waals surface area contributed by atoms with Crippen LogP contribution < -0.4 is 0 Å². The number of carboxylic acids is 1. The summed E-state index contributed by atoms with van der Waals surface area (Å²) in [4.78, 5) is 10.1. The molecule has 0 bridgehead atoms. The minimum absolute atomic E-state index is 0.468. The first-order valence-electron chi connectivity index (χ1n) is 4.16. The van der Waals surface area contributed by atoms with Gasteiger partial charge in [-0.25, -0.2) is 13.6 Å². The van der Waals surface area contributed by atoms with E-state index in [-0.39, 0.29) is 0 Å². The first-order valence-corrected chi connectivity index (χ1v) is 4.16. The third kappa shape index (κ3) is 2.50. The topological polar surface area (TPSA) is 55.1 Å². The summed E-state index contributed by atoms with van der Waals surface area (Å²) in [5, 5.41) is 11.5. The first kappa shape index (κ1) is 12.5. The summed E-state index contributed by atoms with van der Waals surface area (Å²) >= 11 is 0. The second-order valence-electron chi connectivity index (χ2n) is 3.20. The molecule has 0 aliphatic rings. The highest BCUT2D eigenvalue weighted by atomic mass is 19.3. The summed E-state index contributed by atoms with van der Waals surface area (Å²) in [6, 6.07) is 0. The Kier molecular flexibility index (Phi) is 3.20. The third-order valence-electron chi connectivity index (χ3n) is 1.87. The van der Waals surface area contributed by atoms with Gasteiger partial charge in [0.05, 0.1) is 6.42 Å². The van der Waals surface area contributed by atoms with E-state index >= 15 is 0 Å². The fourth-order valence-corrected chi connectivity index (χ4v) is 1.19. The molecular formula is C8H8F4N2O2. The van der Waals surface area contributed by atoms with Crippen LogP contribution in [0, 0.1) is 0 Å². The molecule has 0 atom stereocenters. The largest absolute Gasteiger partial charge is 0.477 e. The van der Waals surface area contributed by atoms with Crippen LogP contribution in [-0.4, -0.2) is 26.8 Å². The molecule has 0 unspecified atom stereocenters. The van der Waals surface area contributed by atoms with E-state index in [1.54, 1.807) is 0 Å². The monoisotopic (exact) mass is 240 g/mol. The molecule has 0 spiro atoms. The van der Waals surface area contributed by atoms with Crippen LogP contribution in [0.25, 0.3) is 0 Å². The second-order valence-corrected chi connectivity index (χ2v) is 3.20. The van der Waals surface area contributed by atoms with Gasteiger partial charge in [-0.05, 0) is 0 Å². The molecule has 0 fully saturated rings. The smallest absolute Gasteiger partial charge is 0.374 e. The van der Waals surface area contributed by atoms with Gasteiger partial charge in [-0.2, -0.15) is 13.9 Å². The van der Waals surface area contributed by atoms with Crippen LogP contribution >= 0.6 is 0 Å². The van der Waals surface area contributed by atoms with E-state index in [4.69, 9.17) is 5.11 Å². The number of rotatable bonds is 4. The number of alkyl halides is 4. The van der Waals surface area contributed by atoms with Crippen LogP contribution in [0.4, 0.5) is 17.6 Å². The number of nitrogens with zero attached hydrogens (tertiary/aromatic N) is 2. The predicted octanol–water partition coefficient (Wildman–Crippen LogP) is 1.62. The van der Waals surface area contributed by atoms with Crippen molar-refractivity contribution in [2.45, 2.75) is 18.8 Å². The minimum atomic E-state index is -4.08. The number of aromatic nitrogens is 2. The fourth-order valence-electron chi connectivity index (χ4n) is 1.19. The van der Waals surface area contributed by atoms with Gasteiger partial charge in [0.1, 0.15) is 5.69 Å². The lowest BCUT2D eigenvalue weighted by Gasteiger charge is -2.10. The maximum Gasteiger partial charge on any atom is 0.374 e. The molecule has 0 aliphatic carbocycles. The Morgan fingerprint density at radius 3 is 2.62 bits per heavy atom. The van der Waals surface area contributed by atoms with Gasteiger partial charge in [-0.15, -0.1) is 0 Å². The lowest BCUT2D eigenvalue weighted by Crippen LogP contribution is -2.30. The van der Waals surface area contributed by atoms with Gasteiger partial charge in [-0.3, -0.25) is 4.68 Å². The molecule has 0 aliphatic heterocycles. The Hall–Kier alpha value is -1.60. The van der Waals surface area contributed by atoms with Crippen LogP contribution in [0.3, 0.4) is 0 Å². The van der Waals surface area contributed by atoms with Crippen molar-refractivity contribution in [2.75, 3.05) is 0 Å². The molecule has 0 aromatic carbocycles. The number of hydrogen-bond acceptors (Lipinski definition) is 2. The van der Waals surface area contributed by atoms with E-state index < -0.39 is 36.0 Å². The zero-order valence-electron chi connectivity index (χ0n) is 8.12. The van der Waals surface area contributed by atoms with Crippen molar-refractivity contribution >= 4 is 5.97 Å². The maximum atomic E-state index is 12.8. The van der Waals surface area contributed by atoms with Crippen LogP contribution in [-0.2, 0) is 18.3 Å². The van der Waals surface area contributed by atoms with Gasteiger partial charge in [-0.1, -0.05) is 0 Å². The van der Waals surface area contributed by atoms with Crippen molar-refractivity contribution < 1.29 is 27.5 Å². The Bertz CT molecular complexity index is 403. The highest BCUT2D eigenvalue weighted by Crippen LogP contribution is 2.27. The number of halogens is 4. The summed E-state index contributed by atoms with van der Waals surface area (Å²) in [5.74, 6) is -6.43. The van der Waals surface area contributed by atoms with E-state index in [9.17, 15) is 22.4 Å². The van der Waals surface area contributed by atoms with Crippen LogP contribution in [0.15, 0.2) is 6.20 Å². The van der Waals surface area contributed by atoms with Gasteiger partial charge >= 0.3 is 11.9 Å². The van der Waals surface area contributed by atoms with Crippen LogP contribution in [0.5, 0.6) is 0 Å². The summed E-state index contributed by atoms with van der Waals surface area (Å²) < 4.78 is 51.2. The van der Waals surface area contributed by atoms with Crippen molar-refractivity contribution in [1.29, 1.82) is 0 Å². The van der Waals surface area contributed by atoms with Gasteiger partial charge in [0.25, 0.3) is 6.43 Å². The molecular weight excluding hydrogens is 232 g/mol. The van der Waals surface area contributed by atoms with Crippen molar-refractivity contribution in [1.82, 2.24) is 9.78 Å². The Morgan fingerprint density at radius 2 is 2.19 bits per heavy atom. The second kappa shape index (κ2) is 4.11.